The molecular weight excluding hydrogens is 280 g/mol. The normalized spacial score (nSPS) is 12.8. The smallest absolute Gasteiger partial charge is 0.0363 e. The highest BCUT2D eigenvalue weighted by atomic mass is 15.1. The van der Waals surface area contributed by atoms with E-state index in [0.717, 1.165) is 13.0 Å². The summed E-state index contributed by atoms with van der Waals surface area (Å²) in [5.74, 6) is 0.484. The van der Waals surface area contributed by atoms with Crippen molar-refractivity contribution in [2.75, 3.05) is 18.5 Å². The zero-order valence-corrected chi connectivity index (χ0v) is 17.0. The van der Waals surface area contributed by atoms with Crippen molar-refractivity contribution in [1.82, 2.24) is 0 Å². The number of hydrogen-bond acceptors (Lipinski definition) is 2. The lowest BCUT2D eigenvalue weighted by Crippen LogP contribution is -2.40. The lowest BCUT2D eigenvalue weighted by Gasteiger charge is -2.27. The van der Waals surface area contributed by atoms with Gasteiger partial charge in [0.2, 0.25) is 0 Å². The molecule has 0 spiro atoms. The summed E-state index contributed by atoms with van der Waals surface area (Å²) in [5.41, 5.74) is 8.61. The minimum atomic E-state index is -0.126. The summed E-state index contributed by atoms with van der Waals surface area (Å²) in [6.07, 6.45) is 5.24. The minimum absolute atomic E-state index is 0.126. The molecule has 1 unspecified atom stereocenters. The van der Waals surface area contributed by atoms with Crippen molar-refractivity contribution in [2.45, 2.75) is 67.3 Å². The zero-order chi connectivity index (χ0) is 18.5. The van der Waals surface area contributed by atoms with Gasteiger partial charge < -0.3 is 10.6 Å². The summed E-state index contributed by atoms with van der Waals surface area (Å²) in [4.78, 5) is 2.23. The third-order valence-corrected chi connectivity index (χ3v) is 4.00. The van der Waals surface area contributed by atoms with Crippen molar-refractivity contribution < 1.29 is 0 Å². The molecule has 1 aromatic carbocycles. The van der Waals surface area contributed by atoms with Crippen molar-refractivity contribution in [3.8, 4) is 0 Å². The van der Waals surface area contributed by atoms with Gasteiger partial charge in [-0.3, -0.25) is 0 Å². The van der Waals surface area contributed by atoms with E-state index >= 15 is 0 Å². The van der Waals surface area contributed by atoms with Crippen LogP contribution in [0.3, 0.4) is 0 Å². The van der Waals surface area contributed by atoms with Crippen molar-refractivity contribution in [3.05, 3.63) is 35.9 Å². The second-order valence-electron chi connectivity index (χ2n) is 5.87. The molecule has 2 heteroatoms. The Kier molecular flexibility index (Phi) is 13.7. The Morgan fingerprint density at radius 2 is 1.57 bits per heavy atom. The highest BCUT2D eigenvalue weighted by Gasteiger charge is 2.20. The van der Waals surface area contributed by atoms with Gasteiger partial charge >= 0.3 is 0 Å². The van der Waals surface area contributed by atoms with E-state index in [1.807, 2.05) is 27.7 Å². The molecule has 0 amide bonds. The summed E-state index contributed by atoms with van der Waals surface area (Å²) < 4.78 is 0. The molecule has 0 bridgehead atoms. The van der Waals surface area contributed by atoms with E-state index in [9.17, 15) is 0 Å². The maximum Gasteiger partial charge on any atom is 0.0363 e. The van der Waals surface area contributed by atoms with E-state index in [1.54, 1.807) is 0 Å². The molecule has 2 nitrogen and oxygen atoms in total. The fraction of sp³-hybridized carbons (Fsp3) is 0.619. The average molecular weight is 321 g/mol. The first-order chi connectivity index (χ1) is 10.9. The standard InChI is InChI=1S/C17H28N2.2C2H6/c1-6-19(5)16-11-9-15(10-12-16)8-7-13-17(4,18)14(2)3;2*1-2/h7-12,14H,6,13,18H2,1-5H3;2*1-2H3/b8-7+;;. The summed E-state index contributed by atoms with van der Waals surface area (Å²) in [6.45, 7) is 17.6. The highest BCUT2D eigenvalue weighted by Crippen LogP contribution is 2.19. The number of benzene rings is 1. The van der Waals surface area contributed by atoms with Crippen LogP contribution in [0.15, 0.2) is 30.3 Å². The van der Waals surface area contributed by atoms with Gasteiger partial charge in [-0.2, -0.15) is 0 Å². The molecule has 1 rings (SSSR count). The predicted octanol–water partition coefficient (Wildman–Crippen LogP) is 5.97. The fourth-order valence-corrected chi connectivity index (χ4v) is 1.71. The monoisotopic (exact) mass is 320 g/mol. The lowest BCUT2D eigenvalue weighted by atomic mass is 9.86. The Morgan fingerprint density at radius 1 is 1.09 bits per heavy atom. The Bertz CT molecular complexity index is 402. The molecule has 0 aliphatic carbocycles. The van der Waals surface area contributed by atoms with E-state index in [0.29, 0.717) is 5.92 Å². The molecule has 0 saturated carbocycles. The predicted molar refractivity (Wildman–Crippen MR) is 109 cm³/mol. The zero-order valence-electron chi connectivity index (χ0n) is 17.0. The highest BCUT2D eigenvalue weighted by molar-refractivity contribution is 5.55. The summed E-state index contributed by atoms with van der Waals surface area (Å²) >= 11 is 0. The van der Waals surface area contributed by atoms with Gasteiger partial charge in [-0.25, -0.2) is 0 Å². The molecule has 0 saturated heterocycles. The van der Waals surface area contributed by atoms with Gasteiger partial charge in [0.1, 0.15) is 0 Å². The molecule has 0 fully saturated rings. The van der Waals surface area contributed by atoms with Gasteiger partial charge in [0.25, 0.3) is 0 Å². The lowest BCUT2D eigenvalue weighted by molar-refractivity contribution is 0.344. The molecular formula is C21H40N2. The van der Waals surface area contributed by atoms with Crippen LogP contribution in [0.1, 0.15) is 67.4 Å². The Morgan fingerprint density at radius 3 is 1.96 bits per heavy atom. The first-order valence-electron chi connectivity index (χ1n) is 9.13. The van der Waals surface area contributed by atoms with Crippen LogP contribution >= 0.6 is 0 Å². The Balaban J connectivity index is 0. The maximum atomic E-state index is 6.25. The number of hydrogen-bond donors (Lipinski definition) is 1. The van der Waals surface area contributed by atoms with Crippen molar-refractivity contribution in [1.29, 1.82) is 0 Å². The van der Waals surface area contributed by atoms with Crippen LogP contribution in [-0.2, 0) is 0 Å². The summed E-state index contributed by atoms with van der Waals surface area (Å²) in [7, 11) is 2.10. The number of anilines is 1. The molecule has 1 atom stereocenters. The van der Waals surface area contributed by atoms with Gasteiger partial charge in [-0.1, -0.05) is 65.8 Å². The van der Waals surface area contributed by atoms with Gasteiger partial charge in [-0.15, -0.1) is 0 Å². The minimum Gasteiger partial charge on any atom is -0.375 e. The molecule has 23 heavy (non-hydrogen) atoms. The molecule has 0 aliphatic heterocycles. The fourth-order valence-electron chi connectivity index (χ4n) is 1.71. The first-order valence-corrected chi connectivity index (χ1v) is 9.13. The van der Waals surface area contributed by atoms with Gasteiger partial charge in [0, 0.05) is 24.8 Å². The number of nitrogens with two attached hydrogens (primary N) is 1. The van der Waals surface area contributed by atoms with Crippen LogP contribution in [0, 0.1) is 5.92 Å². The van der Waals surface area contributed by atoms with Crippen LogP contribution in [0.2, 0.25) is 0 Å². The van der Waals surface area contributed by atoms with Crippen LogP contribution in [-0.4, -0.2) is 19.1 Å². The molecule has 0 radical (unpaired) electrons. The number of rotatable bonds is 6. The third-order valence-electron chi connectivity index (χ3n) is 4.00. The quantitative estimate of drug-likeness (QED) is 0.699. The topological polar surface area (TPSA) is 29.3 Å². The molecule has 0 aromatic heterocycles. The Labute approximate surface area is 145 Å². The molecule has 0 heterocycles. The van der Waals surface area contributed by atoms with Crippen molar-refractivity contribution >= 4 is 11.8 Å². The second kappa shape index (κ2) is 13.2. The first kappa shape index (κ1) is 24.0. The van der Waals surface area contributed by atoms with Crippen molar-refractivity contribution in [2.24, 2.45) is 11.7 Å². The van der Waals surface area contributed by atoms with E-state index in [2.05, 4.69) is 76.1 Å². The van der Waals surface area contributed by atoms with E-state index in [1.165, 1.54) is 11.3 Å². The van der Waals surface area contributed by atoms with Gasteiger partial charge in [0.15, 0.2) is 0 Å². The summed E-state index contributed by atoms with van der Waals surface area (Å²) in [5, 5.41) is 0. The van der Waals surface area contributed by atoms with Gasteiger partial charge in [0.05, 0.1) is 0 Å². The van der Waals surface area contributed by atoms with Gasteiger partial charge in [-0.05, 0) is 43.9 Å². The Hall–Kier alpha value is -1.28. The third kappa shape index (κ3) is 9.45. The molecule has 2 N–H and O–H groups in total. The van der Waals surface area contributed by atoms with Crippen LogP contribution in [0.25, 0.3) is 6.08 Å². The largest absolute Gasteiger partial charge is 0.375 e. The average Bonchev–Trinajstić information content (AvgIpc) is 2.58. The maximum absolute atomic E-state index is 6.25. The SMILES string of the molecule is CC.CC.CCN(C)c1ccc(/C=C/CC(C)(N)C(C)C)cc1. The molecule has 1 aromatic rings. The van der Waals surface area contributed by atoms with E-state index in [4.69, 9.17) is 5.73 Å². The van der Waals surface area contributed by atoms with E-state index < -0.39 is 0 Å². The molecule has 134 valence electrons. The van der Waals surface area contributed by atoms with E-state index in [-0.39, 0.29) is 5.54 Å². The molecule has 0 aliphatic rings. The van der Waals surface area contributed by atoms with Crippen molar-refractivity contribution in [3.63, 3.8) is 0 Å². The van der Waals surface area contributed by atoms with Crippen LogP contribution < -0.4 is 10.6 Å². The summed E-state index contributed by atoms with van der Waals surface area (Å²) in [6, 6.07) is 8.63. The number of nitrogens with zero attached hydrogens (tertiary/aromatic N) is 1. The second-order valence-corrected chi connectivity index (χ2v) is 5.87. The van der Waals surface area contributed by atoms with Crippen LogP contribution in [0.5, 0.6) is 0 Å². The van der Waals surface area contributed by atoms with Crippen LogP contribution in [0.4, 0.5) is 5.69 Å².